The molecule has 108 valence electrons. The van der Waals surface area contributed by atoms with E-state index in [1.807, 2.05) is 0 Å². The van der Waals surface area contributed by atoms with Gasteiger partial charge in [0.05, 0.1) is 4.92 Å². The summed E-state index contributed by atoms with van der Waals surface area (Å²) in [5, 5.41) is 22.2. The number of non-ortho nitro benzene ring substituents is 1. The topological polar surface area (TPSA) is 110 Å². The van der Waals surface area contributed by atoms with Crippen LogP contribution >= 0.6 is 0 Å². The average Bonchev–Trinajstić information content (AvgIpc) is 2.44. The van der Waals surface area contributed by atoms with Crippen molar-refractivity contribution >= 4 is 17.6 Å². The summed E-state index contributed by atoms with van der Waals surface area (Å²) in [6.07, 6.45) is 0.495. The van der Waals surface area contributed by atoms with Gasteiger partial charge < -0.3 is 10.4 Å². The summed E-state index contributed by atoms with van der Waals surface area (Å²) in [4.78, 5) is 33.3. The molecule has 0 saturated carbocycles. The normalized spacial score (nSPS) is 10.9. The van der Waals surface area contributed by atoms with Crippen LogP contribution in [0, 0.1) is 10.1 Å². The molecular formula is C13H16N2O5. The monoisotopic (exact) mass is 280 g/mol. The fourth-order valence-corrected chi connectivity index (χ4v) is 1.81. The minimum absolute atomic E-state index is 0.128. The second-order valence-corrected chi connectivity index (χ2v) is 4.35. The third-order valence-electron chi connectivity index (χ3n) is 3.31. The quantitative estimate of drug-likeness (QED) is 0.611. The van der Waals surface area contributed by atoms with Crippen molar-refractivity contribution in [2.24, 2.45) is 0 Å². The SMILES string of the molecule is CCC(CC)(NC(=O)c1ccc([N+](=O)[O-])cc1)C(=O)O. The molecule has 20 heavy (non-hydrogen) atoms. The third-order valence-corrected chi connectivity index (χ3v) is 3.31. The summed E-state index contributed by atoms with van der Waals surface area (Å²) in [5.41, 5.74) is -1.26. The summed E-state index contributed by atoms with van der Waals surface area (Å²) < 4.78 is 0. The highest BCUT2D eigenvalue weighted by molar-refractivity contribution is 5.98. The van der Waals surface area contributed by atoms with Gasteiger partial charge in [-0.3, -0.25) is 14.9 Å². The number of nitro groups is 1. The Kier molecular flexibility index (Phi) is 4.79. The largest absolute Gasteiger partial charge is 0.480 e. The number of nitrogens with one attached hydrogen (secondary N) is 1. The number of aliphatic carboxylic acids is 1. The van der Waals surface area contributed by atoms with Gasteiger partial charge in [0.2, 0.25) is 0 Å². The van der Waals surface area contributed by atoms with Crippen LogP contribution in [0.4, 0.5) is 5.69 Å². The molecule has 0 spiro atoms. The molecule has 1 aromatic rings. The van der Waals surface area contributed by atoms with Crippen LogP contribution in [0.1, 0.15) is 37.0 Å². The van der Waals surface area contributed by atoms with Crippen LogP contribution in [0.3, 0.4) is 0 Å². The molecule has 7 nitrogen and oxygen atoms in total. The number of benzene rings is 1. The number of carbonyl (C=O) groups excluding carboxylic acids is 1. The molecule has 0 saturated heterocycles. The van der Waals surface area contributed by atoms with Crippen molar-refractivity contribution < 1.29 is 19.6 Å². The Balaban J connectivity index is 2.95. The van der Waals surface area contributed by atoms with E-state index in [0.717, 1.165) is 0 Å². The number of hydrogen-bond donors (Lipinski definition) is 2. The Labute approximate surface area is 115 Å². The zero-order valence-corrected chi connectivity index (χ0v) is 11.3. The number of carbonyl (C=O) groups is 2. The second-order valence-electron chi connectivity index (χ2n) is 4.35. The molecule has 0 aromatic heterocycles. The average molecular weight is 280 g/mol. The van der Waals surface area contributed by atoms with Crippen LogP contribution in [-0.4, -0.2) is 27.4 Å². The number of carboxylic acid groups (broad SMARTS) is 1. The Morgan fingerprint density at radius 1 is 1.25 bits per heavy atom. The Hall–Kier alpha value is -2.44. The molecule has 0 fully saturated rings. The minimum Gasteiger partial charge on any atom is -0.480 e. The van der Waals surface area contributed by atoms with E-state index < -0.39 is 22.3 Å². The van der Waals surface area contributed by atoms with Crippen LogP contribution < -0.4 is 5.32 Å². The molecule has 0 aliphatic heterocycles. The number of rotatable bonds is 6. The Morgan fingerprint density at radius 3 is 2.10 bits per heavy atom. The first-order valence-electron chi connectivity index (χ1n) is 6.16. The summed E-state index contributed by atoms with van der Waals surface area (Å²) >= 11 is 0. The first-order chi connectivity index (χ1) is 9.36. The van der Waals surface area contributed by atoms with Crippen LogP contribution in [0.15, 0.2) is 24.3 Å². The van der Waals surface area contributed by atoms with Gasteiger partial charge >= 0.3 is 5.97 Å². The van der Waals surface area contributed by atoms with Gasteiger partial charge in [-0.25, -0.2) is 4.79 Å². The number of hydrogen-bond acceptors (Lipinski definition) is 4. The Morgan fingerprint density at radius 2 is 1.75 bits per heavy atom. The maximum Gasteiger partial charge on any atom is 0.329 e. The molecular weight excluding hydrogens is 264 g/mol. The van der Waals surface area contributed by atoms with Crippen molar-refractivity contribution in [3.05, 3.63) is 39.9 Å². The molecule has 0 bridgehead atoms. The maximum absolute atomic E-state index is 12.0. The van der Waals surface area contributed by atoms with Crippen molar-refractivity contribution in [1.29, 1.82) is 0 Å². The molecule has 0 aliphatic carbocycles. The van der Waals surface area contributed by atoms with E-state index in [2.05, 4.69) is 5.32 Å². The van der Waals surface area contributed by atoms with Gasteiger partial charge in [0.1, 0.15) is 5.54 Å². The second kappa shape index (κ2) is 6.14. The lowest BCUT2D eigenvalue weighted by Crippen LogP contribution is -2.53. The molecule has 7 heteroatoms. The number of amides is 1. The van der Waals surface area contributed by atoms with Crippen LogP contribution in [0.5, 0.6) is 0 Å². The smallest absolute Gasteiger partial charge is 0.329 e. The number of nitrogens with zero attached hydrogens (tertiary/aromatic N) is 1. The Bertz CT molecular complexity index is 520. The number of carboxylic acids is 1. The lowest BCUT2D eigenvalue weighted by atomic mass is 9.92. The molecule has 0 heterocycles. The van der Waals surface area contributed by atoms with Gasteiger partial charge in [-0.05, 0) is 25.0 Å². The van der Waals surface area contributed by atoms with Gasteiger partial charge in [-0.15, -0.1) is 0 Å². The molecule has 2 N–H and O–H groups in total. The van der Waals surface area contributed by atoms with E-state index in [1.165, 1.54) is 24.3 Å². The summed E-state index contributed by atoms with van der Waals surface area (Å²) in [5.74, 6) is -1.66. The van der Waals surface area contributed by atoms with Gasteiger partial charge in [0, 0.05) is 17.7 Å². The van der Waals surface area contributed by atoms with Gasteiger partial charge in [-0.2, -0.15) is 0 Å². The van der Waals surface area contributed by atoms with Crippen molar-refractivity contribution in [3.63, 3.8) is 0 Å². The predicted octanol–water partition coefficient (Wildman–Crippen LogP) is 1.97. The predicted molar refractivity (Wildman–Crippen MR) is 71.5 cm³/mol. The summed E-state index contributed by atoms with van der Waals surface area (Å²) in [6, 6.07) is 5.00. The van der Waals surface area contributed by atoms with Gasteiger partial charge in [0.15, 0.2) is 0 Å². The highest BCUT2D eigenvalue weighted by atomic mass is 16.6. The summed E-state index contributed by atoms with van der Waals surface area (Å²) in [6.45, 7) is 3.35. The summed E-state index contributed by atoms with van der Waals surface area (Å²) in [7, 11) is 0. The molecule has 0 atom stereocenters. The minimum atomic E-state index is -1.32. The number of nitro benzene ring substituents is 1. The van der Waals surface area contributed by atoms with Gasteiger partial charge in [0.25, 0.3) is 11.6 Å². The first-order valence-corrected chi connectivity index (χ1v) is 6.16. The van der Waals surface area contributed by atoms with Crippen molar-refractivity contribution in [2.45, 2.75) is 32.2 Å². The zero-order valence-electron chi connectivity index (χ0n) is 11.3. The fourth-order valence-electron chi connectivity index (χ4n) is 1.81. The first kappa shape index (κ1) is 15.6. The van der Waals surface area contributed by atoms with Crippen LogP contribution in [0.25, 0.3) is 0 Å². The molecule has 1 rings (SSSR count). The molecule has 0 aliphatic rings. The van der Waals surface area contributed by atoms with E-state index in [9.17, 15) is 24.8 Å². The third kappa shape index (κ3) is 3.11. The molecule has 0 unspecified atom stereocenters. The van der Waals surface area contributed by atoms with Crippen molar-refractivity contribution in [2.75, 3.05) is 0 Å². The van der Waals surface area contributed by atoms with E-state index in [-0.39, 0.29) is 24.1 Å². The standard InChI is InChI=1S/C13H16N2O5/c1-3-13(4-2,12(17)18)14-11(16)9-5-7-10(8-6-9)15(19)20/h5-8H,3-4H2,1-2H3,(H,14,16)(H,17,18). The van der Waals surface area contributed by atoms with Crippen LogP contribution in [0.2, 0.25) is 0 Å². The molecule has 1 aromatic carbocycles. The van der Waals surface area contributed by atoms with Crippen molar-refractivity contribution in [1.82, 2.24) is 5.32 Å². The van der Waals surface area contributed by atoms with Gasteiger partial charge in [-0.1, -0.05) is 13.8 Å². The van der Waals surface area contributed by atoms with E-state index >= 15 is 0 Å². The van der Waals surface area contributed by atoms with E-state index in [0.29, 0.717) is 0 Å². The highest BCUT2D eigenvalue weighted by Gasteiger charge is 2.36. The maximum atomic E-state index is 12.0. The van der Waals surface area contributed by atoms with Crippen LogP contribution in [-0.2, 0) is 4.79 Å². The lowest BCUT2D eigenvalue weighted by molar-refractivity contribution is -0.384. The zero-order chi connectivity index (χ0) is 15.3. The fraction of sp³-hybridized carbons (Fsp3) is 0.385. The van der Waals surface area contributed by atoms with Crippen molar-refractivity contribution in [3.8, 4) is 0 Å². The van der Waals surface area contributed by atoms with E-state index in [4.69, 9.17) is 0 Å². The highest BCUT2D eigenvalue weighted by Crippen LogP contribution is 2.18. The molecule has 1 amide bonds. The lowest BCUT2D eigenvalue weighted by Gasteiger charge is -2.28. The van der Waals surface area contributed by atoms with E-state index in [1.54, 1.807) is 13.8 Å². The molecule has 0 radical (unpaired) electrons.